The van der Waals surface area contributed by atoms with E-state index >= 15 is 0 Å². The van der Waals surface area contributed by atoms with E-state index in [-0.39, 0.29) is 24.6 Å². The van der Waals surface area contributed by atoms with E-state index in [0.29, 0.717) is 6.42 Å². The molecule has 5 nitrogen and oxygen atoms in total. The highest BCUT2D eigenvalue weighted by atomic mass is 35.5. The van der Waals surface area contributed by atoms with Crippen molar-refractivity contribution >= 4 is 5.71 Å². The van der Waals surface area contributed by atoms with Gasteiger partial charge in [0.15, 0.2) is 5.41 Å². The zero-order valence-corrected chi connectivity index (χ0v) is 14.9. The van der Waals surface area contributed by atoms with E-state index < -0.39 is 11.0 Å². The maximum Gasteiger partial charge on any atom is 0.251 e. The fourth-order valence-electron chi connectivity index (χ4n) is 3.65. The molecule has 0 saturated carbocycles. The van der Waals surface area contributed by atoms with Crippen LogP contribution in [0.2, 0.25) is 0 Å². The zero-order valence-electron chi connectivity index (χ0n) is 14.2. The van der Waals surface area contributed by atoms with Crippen molar-refractivity contribution in [1.82, 2.24) is 0 Å². The van der Waals surface area contributed by atoms with Crippen molar-refractivity contribution < 1.29 is 36.6 Å². The highest BCUT2D eigenvalue weighted by Crippen LogP contribution is 2.55. The van der Waals surface area contributed by atoms with E-state index in [2.05, 4.69) is 0 Å². The van der Waals surface area contributed by atoms with Gasteiger partial charge in [-0.25, -0.2) is 0 Å². The van der Waals surface area contributed by atoms with Crippen LogP contribution in [0.3, 0.4) is 0 Å². The van der Waals surface area contributed by atoms with Crippen molar-refractivity contribution in [2.75, 3.05) is 14.2 Å². The molecule has 0 aromatic heterocycles. The van der Waals surface area contributed by atoms with Gasteiger partial charge in [0.25, 0.3) is 5.70 Å². The predicted octanol–water partition coefficient (Wildman–Crippen LogP) is -1.06. The van der Waals surface area contributed by atoms with E-state index in [4.69, 9.17) is 14.3 Å². The Morgan fingerprint density at radius 1 is 1.39 bits per heavy atom. The summed E-state index contributed by atoms with van der Waals surface area (Å²) in [6, 6.07) is 0. The monoisotopic (exact) mass is 341 g/mol. The molecule has 1 saturated heterocycles. The van der Waals surface area contributed by atoms with Crippen LogP contribution >= 0.6 is 0 Å². The maximum atomic E-state index is 10.4. The molecule has 0 aromatic carbocycles. The summed E-state index contributed by atoms with van der Waals surface area (Å²) in [5, 5.41) is 10.4. The Balaban J connectivity index is 0.00000192. The number of hydroxylamine groups is 1. The third kappa shape index (κ3) is 2.51. The average molecular weight is 342 g/mol. The molecule has 2 aliphatic heterocycles. The second-order valence-corrected chi connectivity index (χ2v) is 6.66. The molecule has 1 spiro atoms. The standard InChI is InChI=1S/C17H24NO4.ClH/c1-11-9-14-17(10-15(22-14)16(2,3)19)12(18(11)21-5)7-6-8-13(17)20-4;/h6-9,13,15,19H,10H2,1-5H3;1H/q+1;/p-1. The van der Waals surface area contributed by atoms with Gasteiger partial charge in [-0.1, -0.05) is 12.2 Å². The fourth-order valence-corrected chi connectivity index (χ4v) is 3.65. The molecule has 1 aliphatic carbocycles. The Labute approximate surface area is 143 Å². The summed E-state index contributed by atoms with van der Waals surface area (Å²) in [5.74, 6) is 0.841. The molecule has 6 heteroatoms. The number of allylic oxidation sites excluding steroid dienone is 3. The molecule has 23 heavy (non-hydrogen) atoms. The topological polar surface area (TPSA) is 50.9 Å². The van der Waals surface area contributed by atoms with Gasteiger partial charge in [0, 0.05) is 37.3 Å². The van der Waals surface area contributed by atoms with Gasteiger partial charge in [-0.15, -0.1) is 0 Å². The van der Waals surface area contributed by atoms with Crippen LogP contribution in [-0.4, -0.2) is 47.6 Å². The predicted molar refractivity (Wildman–Crippen MR) is 82.3 cm³/mol. The first-order valence-corrected chi connectivity index (χ1v) is 7.55. The minimum Gasteiger partial charge on any atom is -1.00 e. The van der Waals surface area contributed by atoms with Crippen LogP contribution in [0.5, 0.6) is 0 Å². The lowest BCUT2D eigenvalue weighted by Gasteiger charge is -2.35. The lowest BCUT2D eigenvalue weighted by Crippen LogP contribution is -3.00. The van der Waals surface area contributed by atoms with Crippen LogP contribution in [0.15, 0.2) is 35.8 Å². The van der Waals surface area contributed by atoms with Crippen molar-refractivity contribution in [2.24, 2.45) is 5.41 Å². The van der Waals surface area contributed by atoms with Crippen LogP contribution in [-0.2, 0) is 14.3 Å². The van der Waals surface area contributed by atoms with Crippen molar-refractivity contribution in [1.29, 1.82) is 0 Å². The van der Waals surface area contributed by atoms with Crippen molar-refractivity contribution in [3.63, 3.8) is 0 Å². The van der Waals surface area contributed by atoms with Gasteiger partial charge < -0.3 is 27.0 Å². The molecular weight excluding hydrogens is 318 g/mol. The summed E-state index contributed by atoms with van der Waals surface area (Å²) in [7, 11) is 3.35. The molecule has 3 unspecified atom stereocenters. The van der Waals surface area contributed by atoms with E-state index in [1.165, 1.54) is 0 Å². The van der Waals surface area contributed by atoms with Gasteiger partial charge in [0.2, 0.25) is 5.71 Å². The summed E-state index contributed by atoms with van der Waals surface area (Å²) >= 11 is 0. The van der Waals surface area contributed by atoms with Crippen LogP contribution in [0.25, 0.3) is 0 Å². The molecule has 1 N–H and O–H groups in total. The molecular formula is C17H24ClNO4. The molecule has 2 heterocycles. The lowest BCUT2D eigenvalue weighted by atomic mass is 9.69. The van der Waals surface area contributed by atoms with Gasteiger partial charge in [0.05, 0.1) is 11.7 Å². The molecule has 3 aliphatic rings. The third-order valence-corrected chi connectivity index (χ3v) is 4.80. The van der Waals surface area contributed by atoms with Gasteiger partial charge in [-0.2, -0.15) is 0 Å². The largest absolute Gasteiger partial charge is 1.00 e. The molecule has 0 radical (unpaired) electrons. The molecule has 3 rings (SSSR count). The Hall–Kier alpha value is -1.30. The Morgan fingerprint density at radius 3 is 2.65 bits per heavy atom. The minimum atomic E-state index is -0.927. The smallest absolute Gasteiger partial charge is 0.251 e. The van der Waals surface area contributed by atoms with Crippen LogP contribution < -0.4 is 12.4 Å². The van der Waals surface area contributed by atoms with Crippen LogP contribution in [0, 0.1) is 5.41 Å². The minimum absolute atomic E-state index is 0. The first-order valence-electron chi connectivity index (χ1n) is 7.55. The average Bonchev–Trinajstić information content (AvgIpc) is 2.83. The van der Waals surface area contributed by atoms with Gasteiger partial charge in [-0.05, 0) is 13.8 Å². The number of hydrogen-bond donors (Lipinski definition) is 1. The van der Waals surface area contributed by atoms with Crippen molar-refractivity contribution in [3.05, 3.63) is 35.8 Å². The second-order valence-electron chi connectivity index (χ2n) is 6.66. The normalized spacial score (nSPS) is 32.3. The number of methoxy groups -OCH3 is 1. The SMILES string of the molecule is COC1C=CC=C2[N+](OC)=C(C)C=C3OC(C(C)(C)O)CC321.[Cl-]. The third-order valence-electron chi connectivity index (χ3n) is 4.80. The van der Waals surface area contributed by atoms with Crippen molar-refractivity contribution in [2.45, 2.75) is 45.0 Å². The van der Waals surface area contributed by atoms with Crippen LogP contribution in [0.4, 0.5) is 0 Å². The Kier molecular flexibility index (Phi) is 4.68. The second kappa shape index (κ2) is 5.96. The summed E-state index contributed by atoms with van der Waals surface area (Å²) in [5.41, 5.74) is 0.555. The van der Waals surface area contributed by atoms with Gasteiger partial charge in [0.1, 0.15) is 19.0 Å². The molecule has 128 valence electrons. The zero-order chi connectivity index (χ0) is 16.1. The number of rotatable bonds is 3. The highest BCUT2D eigenvalue weighted by molar-refractivity contribution is 5.90. The first-order chi connectivity index (χ1) is 10.3. The highest BCUT2D eigenvalue weighted by Gasteiger charge is 2.63. The molecule has 1 fully saturated rings. The fraction of sp³-hybridized carbons (Fsp3) is 0.588. The number of hydrogen-bond acceptors (Lipinski definition) is 4. The van der Waals surface area contributed by atoms with E-state index in [1.54, 1.807) is 28.1 Å². The Morgan fingerprint density at radius 2 is 2.09 bits per heavy atom. The molecule has 0 amide bonds. The summed E-state index contributed by atoms with van der Waals surface area (Å²) in [6.07, 6.45) is 8.22. The molecule has 0 bridgehead atoms. The lowest BCUT2D eigenvalue weighted by molar-refractivity contribution is -0.752. The number of aliphatic hydroxyl groups is 1. The van der Waals surface area contributed by atoms with Gasteiger partial charge >= 0.3 is 0 Å². The Bertz CT molecular complexity index is 615. The number of nitrogens with zero attached hydrogens (tertiary/aromatic N) is 1. The first kappa shape index (κ1) is 18.0. The molecule has 0 aromatic rings. The summed E-state index contributed by atoms with van der Waals surface area (Å²) in [6.45, 7) is 5.53. The number of ether oxygens (including phenoxy) is 2. The van der Waals surface area contributed by atoms with Crippen LogP contribution in [0.1, 0.15) is 27.2 Å². The summed E-state index contributed by atoms with van der Waals surface area (Å²) in [4.78, 5) is 5.57. The van der Waals surface area contributed by atoms with Crippen molar-refractivity contribution in [3.8, 4) is 0 Å². The summed E-state index contributed by atoms with van der Waals surface area (Å²) < 4.78 is 13.7. The van der Waals surface area contributed by atoms with E-state index in [1.807, 2.05) is 36.0 Å². The van der Waals surface area contributed by atoms with E-state index in [9.17, 15) is 5.11 Å². The quantitative estimate of drug-likeness (QED) is 0.665. The van der Waals surface area contributed by atoms with E-state index in [0.717, 1.165) is 17.2 Å². The van der Waals surface area contributed by atoms with Gasteiger partial charge in [-0.3, -0.25) is 4.84 Å². The number of halogens is 1. The maximum absolute atomic E-state index is 10.4. The molecule has 3 atom stereocenters.